The van der Waals surface area contributed by atoms with Crippen LogP contribution in [0.4, 0.5) is 9.18 Å². The van der Waals surface area contributed by atoms with Crippen LogP contribution in [0.5, 0.6) is 0 Å². The Morgan fingerprint density at radius 2 is 1.64 bits per heavy atom. The molecular formula is C19H19FN2O3. The molecule has 5 nitrogen and oxygen atoms in total. The molecule has 0 aromatic heterocycles. The molecule has 130 valence electrons. The molecule has 0 unspecified atom stereocenters. The molecule has 3 N–H and O–H groups in total. The first-order valence-electron chi connectivity index (χ1n) is 8.08. The Hall–Kier alpha value is -2.89. The third-order valence-electron chi connectivity index (χ3n) is 4.38. The molecule has 6 heteroatoms. The number of carbonyl (C=O) groups is 2. The fourth-order valence-corrected chi connectivity index (χ4v) is 3.18. The van der Waals surface area contributed by atoms with Crippen LogP contribution in [0.15, 0.2) is 48.5 Å². The monoisotopic (exact) mass is 342 g/mol. The predicted molar refractivity (Wildman–Crippen MR) is 91.8 cm³/mol. The molecule has 2 aromatic carbocycles. The van der Waals surface area contributed by atoms with Crippen molar-refractivity contribution in [3.63, 3.8) is 0 Å². The van der Waals surface area contributed by atoms with E-state index in [1.807, 2.05) is 48.5 Å². The van der Waals surface area contributed by atoms with Gasteiger partial charge in [0.05, 0.1) is 6.67 Å². The first-order valence-corrected chi connectivity index (χ1v) is 8.08. The van der Waals surface area contributed by atoms with E-state index in [4.69, 9.17) is 10.5 Å². The molecule has 0 bridgehead atoms. The van der Waals surface area contributed by atoms with Crippen LogP contribution < -0.4 is 11.1 Å². The van der Waals surface area contributed by atoms with Gasteiger partial charge in [-0.1, -0.05) is 48.5 Å². The van der Waals surface area contributed by atoms with Crippen molar-refractivity contribution in [1.29, 1.82) is 0 Å². The van der Waals surface area contributed by atoms with Gasteiger partial charge < -0.3 is 15.8 Å². The number of alkyl halides is 1. The molecule has 1 atom stereocenters. The van der Waals surface area contributed by atoms with E-state index in [1.165, 1.54) is 0 Å². The van der Waals surface area contributed by atoms with Crippen LogP contribution in [-0.2, 0) is 9.53 Å². The zero-order valence-electron chi connectivity index (χ0n) is 13.6. The van der Waals surface area contributed by atoms with Crippen LogP contribution >= 0.6 is 0 Å². The third-order valence-corrected chi connectivity index (χ3v) is 4.38. The normalized spacial score (nSPS) is 13.6. The Kier molecular flexibility index (Phi) is 4.97. The molecule has 0 fully saturated rings. The number of alkyl carbamates (subject to hydrolysis) is 1. The molecule has 0 saturated heterocycles. The summed E-state index contributed by atoms with van der Waals surface area (Å²) in [6.45, 7) is -0.627. The average molecular weight is 342 g/mol. The van der Waals surface area contributed by atoms with Gasteiger partial charge in [0.25, 0.3) is 0 Å². The number of fused-ring (bicyclic) bond motifs is 3. The number of nitrogens with two attached hydrogens (primary N) is 1. The molecule has 0 spiro atoms. The molecule has 25 heavy (non-hydrogen) atoms. The first kappa shape index (κ1) is 17.0. The van der Waals surface area contributed by atoms with E-state index >= 15 is 0 Å². The van der Waals surface area contributed by atoms with Crippen molar-refractivity contribution in [2.24, 2.45) is 5.73 Å². The standard InChI is InChI=1S/C19H19FN2O3/c20-10-9-17(18(21)23)22-19(24)25-11-16-14-7-3-1-5-12(14)13-6-2-4-8-15(13)16/h1-8,16-17H,9-11H2,(H2,21,23)(H,22,24)/t17-/m0/s1. The van der Waals surface area contributed by atoms with E-state index in [1.54, 1.807) is 0 Å². The van der Waals surface area contributed by atoms with Crippen molar-refractivity contribution in [1.82, 2.24) is 5.32 Å². The molecule has 1 aliphatic carbocycles. The third kappa shape index (κ3) is 3.47. The number of ether oxygens (including phenoxy) is 1. The zero-order chi connectivity index (χ0) is 17.8. The lowest BCUT2D eigenvalue weighted by atomic mass is 9.98. The summed E-state index contributed by atoms with van der Waals surface area (Å²) < 4.78 is 17.7. The minimum Gasteiger partial charge on any atom is -0.449 e. The first-order chi connectivity index (χ1) is 12.1. The Labute approximate surface area is 145 Å². The Balaban J connectivity index is 1.71. The summed E-state index contributed by atoms with van der Waals surface area (Å²) in [5.41, 5.74) is 9.57. The van der Waals surface area contributed by atoms with Crippen LogP contribution in [0, 0.1) is 0 Å². The molecule has 2 amide bonds. The summed E-state index contributed by atoms with van der Waals surface area (Å²) in [4.78, 5) is 23.1. The quantitative estimate of drug-likeness (QED) is 0.847. The van der Waals surface area contributed by atoms with E-state index in [9.17, 15) is 14.0 Å². The van der Waals surface area contributed by atoms with Gasteiger partial charge in [-0.05, 0) is 22.3 Å². The van der Waals surface area contributed by atoms with E-state index in [0.29, 0.717) is 0 Å². The molecule has 0 radical (unpaired) electrons. The summed E-state index contributed by atoms with van der Waals surface area (Å²) in [5, 5.41) is 2.31. The molecular weight excluding hydrogens is 323 g/mol. The highest BCUT2D eigenvalue weighted by molar-refractivity contribution is 5.84. The highest BCUT2D eigenvalue weighted by Crippen LogP contribution is 2.44. The van der Waals surface area contributed by atoms with E-state index in [-0.39, 0.29) is 18.9 Å². The van der Waals surface area contributed by atoms with Gasteiger partial charge in [0.1, 0.15) is 12.6 Å². The van der Waals surface area contributed by atoms with Gasteiger partial charge in [0.2, 0.25) is 5.91 Å². The Morgan fingerprint density at radius 1 is 1.08 bits per heavy atom. The number of carbonyl (C=O) groups excluding carboxylic acids is 2. The summed E-state index contributed by atoms with van der Waals surface area (Å²) >= 11 is 0. The minimum absolute atomic E-state index is 0.0775. The lowest BCUT2D eigenvalue weighted by molar-refractivity contribution is -0.120. The highest BCUT2D eigenvalue weighted by atomic mass is 19.1. The second-order valence-corrected chi connectivity index (χ2v) is 5.90. The maximum absolute atomic E-state index is 12.4. The summed E-state index contributed by atoms with van der Waals surface area (Å²) in [7, 11) is 0. The fraction of sp³-hybridized carbons (Fsp3) is 0.263. The largest absolute Gasteiger partial charge is 0.449 e. The predicted octanol–water partition coefficient (Wildman–Crippen LogP) is 2.74. The number of hydrogen-bond donors (Lipinski definition) is 2. The number of nitrogens with one attached hydrogen (secondary N) is 1. The van der Waals surface area contributed by atoms with Gasteiger partial charge in [0, 0.05) is 12.3 Å². The Bertz CT molecular complexity index is 748. The van der Waals surface area contributed by atoms with Gasteiger partial charge in [-0.3, -0.25) is 9.18 Å². The number of hydrogen-bond acceptors (Lipinski definition) is 3. The van der Waals surface area contributed by atoms with Gasteiger partial charge in [0.15, 0.2) is 0 Å². The van der Waals surface area contributed by atoms with Crippen LogP contribution in [-0.4, -0.2) is 31.3 Å². The SMILES string of the molecule is NC(=O)[C@H](CCF)NC(=O)OCC1c2ccccc2-c2ccccc21. The molecule has 0 heterocycles. The zero-order valence-corrected chi connectivity index (χ0v) is 13.6. The smallest absolute Gasteiger partial charge is 0.407 e. The van der Waals surface area contributed by atoms with Crippen LogP contribution in [0.3, 0.4) is 0 Å². The fourth-order valence-electron chi connectivity index (χ4n) is 3.18. The van der Waals surface area contributed by atoms with Crippen LogP contribution in [0.25, 0.3) is 11.1 Å². The maximum Gasteiger partial charge on any atom is 0.407 e. The number of primary amides is 1. The summed E-state index contributed by atoms with van der Waals surface area (Å²) in [6, 6.07) is 14.9. The van der Waals surface area contributed by atoms with Gasteiger partial charge >= 0.3 is 6.09 Å². The average Bonchev–Trinajstić information content (AvgIpc) is 2.93. The number of halogens is 1. The lowest BCUT2D eigenvalue weighted by Crippen LogP contribution is -2.45. The van der Waals surface area contributed by atoms with Crippen LogP contribution in [0.2, 0.25) is 0 Å². The maximum atomic E-state index is 12.4. The van der Waals surface area contributed by atoms with Crippen molar-refractivity contribution in [2.75, 3.05) is 13.3 Å². The van der Waals surface area contributed by atoms with Crippen molar-refractivity contribution >= 4 is 12.0 Å². The van der Waals surface area contributed by atoms with Gasteiger partial charge in [-0.25, -0.2) is 4.79 Å². The topological polar surface area (TPSA) is 81.4 Å². The van der Waals surface area contributed by atoms with Gasteiger partial charge in [-0.2, -0.15) is 0 Å². The molecule has 1 aliphatic rings. The van der Waals surface area contributed by atoms with E-state index < -0.39 is 24.7 Å². The number of benzene rings is 2. The van der Waals surface area contributed by atoms with Crippen molar-refractivity contribution in [2.45, 2.75) is 18.4 Å². The molecule has 0 aliphatic heterocycles. The van der Waals surface area contributed by atoms with Crippen molar-refractivity contribution in [3.8, 4) is 11.1 Å². The summed E-state index contributed by atoms with van der Waals surface area (Å²) in [6.07, 6.45) is -0.946. The van der Waals surface area contributed by atoms with Crippen LogP contribution in [0.1, 0.15) is 23.5 Å². The van der Waals surface area contributed by atoms with E-state index in [2.05, 4.69) is 5.32 Å². The molecule has 2 aromatic rings. The second kappa shape index (κ2) is 7.34. The Morgan fingerprint density at radius 3 is 2.16 bits per heavy atom. The minimum atomic E-state index is -1.07. The number of rotatable bonds is 6. The van der Waals surface area contributed by atoms with Gasteiger partial charge in [-0.15, -0.1) is 0 Å². The summed E-state index contributed by atoms with van der Waals surface area (Å²) in [5.74, 6) is -0.863. The molecule has 3 rings (SSSR count). The molecule has 0 saturated carbocycles. The lowest BCUT2D eigenvalue weighted by Gasteiger charge is -2.17. The van der Waals surface area contributed by atoms with Crippen molar-refractivity contribution in [3.05, 3.63) is 59.7 Å². The second-order valence-electron chi connectivity index (χ2n) is 5.90. The highest BCUT2D eigenvalue weighted by Gasteiger charge is 2.29. The van der Waals surface area contributed by atoms with Crippen molar-refractivity contribution < 1.29 is 18.7 Å². The van der Waals surface area contributed by atoms with E-state index in [0.717, 1.165) is 22.3 Å². The number of amides is 2.